The molecule has 1 heterocycles. The Morgan fingerprint density at radius 1 is 1.19 bits per heavy atom. The molecule has 1 aliphatic heterocycles. The average molecular weight is 242 g/mol. The zero-order chi connectivity index (χ0) is 11.4. The average Bonchev–Trinajstić information content (AvgIpc) is 2.50. The van der Waals surface area contributed by atoms with Crippen LogP contribution in [0.25, 0.3) is 0 Å². The molecular formula is C12H16ClNO2. The molecule has 0 amide bonds. The summed E-state index contributed by atoms with van der Waals surface area (Å²) in [5.41, 5.74) is 6.57. The fourth-order valence-corrected chi connectivity index (χ4v) is 1.96. The molecular weight excluding hydrogens is 226 g/mol. The van der Waals surface area contributed by atoms with Gasteiger partial charge in [-0.1, -0.05) is 11.6 Å². The maximum absolute atomic E-state index is 6.17. The van der Waals surface area contributed by atoms with Crippen LogP contribution < -0.4 is 15.2 Å². The van der Waals surface area contributed by atoms with Gasteiger partial charge in [0.25, 0.3) is 0 Å². The van der Waals surface area contributed by atoms with E-state index in [2.05, 4.69) is 0 Å². The van der Waals surface area contributed by atoms with Crippen LogP contribution >= 0.6 is 11.6 Å². The van der Waals surface area contributed by atoms with Gasteiger partial charge in [0.05, 0.1) is 13.2 Å². The number of hydrogen-bond acceptors (Lipinski definition) is 3. The van der Waals surface area contributed by atoms with Crippen LogP contribution in [0.1, 0.15) is 18.4 Å². The molecule has 1 aromatic rings. The Morgan fingerprint density at radius 3 is 2.56 bits per heavy atom. The van der Waals surface area contributed by atoms with E-state index >= 15 is 0 Å². The van der Waals surface area contributed by atoms with Gasteiger partial charge >= 0.3 is 0 Å². The Bertz CT molecular complexity index is 368. The lowest BCUT2D eigenvalue weighted by atomic mass is 10.1. The molecule has 0 fully saturated rings. The fourth-order valence-electron chi connectivity index (χ4n) is 1.71. The second kappa shape index (κ2) is 5.41. The summed E-state index contributed by atoms with van der Waals surface area (Å²) in [7, 11) is 0. The minimum Gasteiger partial charge on any atom is -0.490 e. The first-order valence-corrected chi connectivity index (χ1v) is 5.97. The van der Waals surface area contributed by atoms with E-state index in [9.17, 15) is 0 Å². The molecule has 0 unspecified atom stereocenters. The molecule has 4 heteroatoms. The first-order chi connectivity index (χ1) is 7.81. The summed E-state index contributed by atoms with van der Waals surface area (Å²) in [5, 5.41) is 0.734. The topological polar surface area (TPSA) is 44.5 Å². The highest BCUT2D eigenvalue weighted by Gasteiger charge is 2.13. The minimum absolute atomic E-state index is 0.671. The molecule has 0 atom stereocenters. The van der Waals surface area contributed by atoms with E-state index in [1.807, 2.05) is 12.1 Å². The number of rotatable bonds is 3. The number of nitrogens with two attached hydrogens (primary N) is 1. The van der Waals surface area contributed by atoms with E-state index in [4.69, 9.17) is 26.8 Å². The Labute approximate surface area is 100 Å². The molecule has 2 rings (SSSR count). The van der Waals surface area contributed by atoms with Gasteiger partial charge in [-0.25, -0.2) is 0 Å². The summed E-state index contributed by atoms with van der Waals surface area (Å²) in [5.74, 6) is 1.55. The van der Waals surface area contributed by atoms with Gasteiger partial charge in [0.15, 0.2) is 11.5 Å². The maximum atomic E-state index is 6.17. The lowest BCUT2D eigenvalue weighted by Gasteiger charge is -2.11. The SMILES string of the molecule is NCCCc1cc2c(cc1Cl)OCCCO2. The Balaban J connectivity index is 2.24. The van der Waals surface area contributed by atoms with E-state index in [0.717, 1.165) is 41.3 Å². The number of hydrogen-bond donors (Lipinski definition) is 1. The largest absolute Gasteiger partial charge is 0.490 e. The molecule has 0 aliphatic carbocycles. The van der Waals surface area contributed by atoms with E-state index in [1.54, 1.807) is 0 Å². The van der Waals surface area contributed by atoms with Gasteiger partial charge in [-0.3, -0.25) is 0 Å². The number of halogens is 1. The second-order valence-electron chi connectivity index (χ2n) is 3.83. The summed E-state index contributed by atoms with van der Waals surface area (Å²) in [6, 6.07) is 3.81. The standard InChI is InChI=1S/C12H16ClNO2/c13-10-8-12-11(15-5-2-6-16-12)7-9(10)3-1-4-14/h7-8H,1-6,14H2. The van der Waals surface area contributed by atoms with Crippen LogP contribution in [0.2, 0.25) is 5.02 Å². The van der Waals surface area contributed by atoms with Gasteiger partial charge in [-0.05, 0) is 31.0 Å². The molecule has 0 spiro atoms. The van der Waals surface area contributed by atoms with Crippen molar-refractivity contribution in [2.24, 2.45) is 5.73 Å². The maximum Gasteiger partial charge on any atom is 0.162 e. The van der Waals surface area contributed by atoms with Crippen molar-refractivity contribution in [3.05, 3.63) is 22.7 Å². The molecule has 1 aromatic carbocycles. The molecule has 0 radical (unpaired) electrons. The lowest BCUT2D eigenvalue weighted by molar-refractivity contribution is 0.297. The van der Waals surface area contributed by atoms with Crippen LogP contribution in [0.3, 0.4) is 0 Å². The van der Waals surface area contributed by atoms with Crippen molar-refractivity contribution in [2.45, 2.75) is 19.3 Å². The minimum atomic E-state index is 0.671. The molecule has 0 aromatic heterocycles. The van der Waals surface area contributed by atoms with Crippen LogP contribution in [0.4, 0.5) is 0 Å². The summed E-state index contributed by atoms with van der Waals surface area (Å²) < 4.78 is 11.2. The van der Waals surface area contributed by atoms with Gasteiger partial charge in [-0.15, -0.1) is 0 Å². The highest BCUT2D eigenvalue weighted by atomic mass is 35.5. The Morgan fingerprint density at radius 2 is 1.88 bits per heavy atom. The first-order valence-electron chi connectivity index (χ1n) is 5.59. The molecule has 1 aliphatic rings. The van der Waals surface area contributed by atoms with E-state index < -0.39 is 0 Å². The first kappa shape index (κ1) is 11.6. The fraction of sp³-hybridized carbons (Fsp3) is 0.500. The molecule has 2 N–H and O–H groups in total. The third kappa shape index (κ3) is 2.60. The predicted octanol–water partition coefficient (Wildman–Crippen LogP) is 2.39. The van der Waals surface area contributed by atoms with Crippen molar-refractivity contribution in [1.29, 1.82) is 0 Å². The molecule has 0 saturated heterocycles. The lowest BCUT2D eigenvalue weighted by Crippen LogP contribution is -2.01. The third-order valence-corrected chi connectivity index (χ3v) is 2.92. The quantitative estimate of drug-likeness (QED) is 0.884. The van der Waals surface area contributed by atoms with Crippen molar-refractivity contribution in [3.63, 3.8) is 0 Å². The zero-order valence-electron chi connectivity index (χ0n) is 9.17. The number of ether oxygens (including phenoxy) is 2. The molecule has 16 heavy (non-hydrogen) atoms. The highest BCUT2D eigenvalue weighted by Crippen LogP contribution is 2.35. The zero-order valence-corrected chi connectivity index (χ0v) is 9.93. The van der Waals surface area contributed by atoms with Crippen molar-refractivity contribution in [1.82, 2.24) is 0 Å². The number of fused-ring (bicyclic) bond motifs is 1. The molecule has 3 nitrogen and oxygen atoms in total. The van der Waals surface area contributed by atoms with E-state index in [0.29, 0.717) is 19.8 Å². The summed E-state index contributed by atoms with van der Waals surface area (Å²) >= 11 is 6.17. The predicted molar refractivity (Wildman–Crippen MR) is 64.4 cm³/mol. The Kier molecular flexibility index (Phi) is 3.91. The summed E-state index contributed by atoms with van der Waals surface area (Å²) in [6.45, 7) is 2.06. The van der Waals surface area contributed by atoms with Crippen LogP contribution in [0.15, 0.2) is 12.1 Å². The molecule has 88 valence electrons. The number of aryl methyl sites for hydroxylation is 1. The van der Waals surface area contributed by atoms with Crippen molar-refractivity contribution < 1.29 is 9.47 Å². The normalized spacial score (nSPS) is 14.6. The smallest absolute Gasteiger partial charge is 0.162 e. The number of benzene rings is 1. The van der Waals surface area contributed by atoms with Gasteiger partial charge in [-0.2, -0.15) is 0 Å². The van der Waals surface area contributed by atoms with Gasteiger partial charge in [0, 0.05) is 17.5 Å². The van der Waals surface area contributed by atoms with E-state index in [-0.39, 0.29) is 0 Å². The van der Waals surface area contributed by atoms with Crippen LogP contribution in [0, 0.1) is 0 Å². The van der Waals surface area contributed by atoms with Crippen molar-refractivity contribution in [3.8, 4) is 11.5 Å². The third-order valence-electron chi connectivity index (χ3n) is 2.57. The van der Waals surface area contributed by atoms with Gasteiger partial charge in [0.1, 0.15) is 0 Å². The van der Waals surface area contributed by atoms with E-state index in [1.165, 1.54) is 0 Å². The van der Waals surface area contributed by atoms with Crippen molar-refractivity contribution in [2.75, 3.05) is 19.8 Å². The summed E-state index contributed by atoms with van der Waals surface area (Å²) in [6.07, 6.45) is 2.72. The molecule has 0 saturated carbocycles. The van der Waals surface area contributed by atoms with Gasteiger partial charge < -0.3 is 15.2 Å². The summed E-state index contributed by atoms with van der Waals surface area (Å²) in [4.78, 5) is 0. The molecule has 0 bridgehead atoms. The monoisotopic (exact) mass is 241 g/mol. The Hall–Kier alpha value is -0.930. The van der Waals surface area contributed by atoms with Crippen molar-refractivity contribution >= 4 is 11.6 Å². The highest BCUT2D eigenvalue weighted by molar-refractivity contribution is 6.31. The van der Waals surface area contributed by atoms with Crippen LogP contribution in [0.5, 0.6) is 11.5 Å². The van der Waals surface area contributed by atoms with Crippen LogP contribution in [-0.4, -0.2) is 19.8 Å². The second-order valence-corrected chi connectivity index (χ2v) is 4.24. The van der Waals surface area contributed by atoms with Crippen LogP contribution in [-0.2, 0) is 6.42 Å². The van der Waals surface area contributed by atoms with Gasteiger partial charge in [0.2, 0.25) is 0 Å².